The first-order valence-corrected chi connectivity index (χ1v) is 32.6. The van der Waals surface area contributed by atoms with Gasteiger partial charge < -0.3 is 9.47 Å². The Morgan fingerprint density at radius 1 is 0.741 bits per heavy atom. The molecular formula is C44H45Br2Cl4N3O3SiTi. The number of rotatable bonds is 1. The van der Waals surface area contributed by atoms with E-state index in [1.165, 1.54) is 22.3 Å². The van der Waals surface area contributed by atoms with Crippen molar-refractivity contribution in [3.8, 4) is 11.5 Å². The van der Waals surface area contributed by atoms with Crippen molar-refractivity contribution in [1.29, 1.82) is 0 Å². The van der Waals surface area contributed by atoms with Crippen molar-refractivity contribution in [3.63, 3.8) is 0 Å². The van der Waals surface area contributed by atoms with Crippen molar-refractivity contribution in [1.82, 2.24) is 0 Å². The minimum atomic E-state index is -3.11. The van der Waals surface area contributed by atoms with Gasteiger partial charge in [-0.2, -0.15) is 6.57 Å². The Balaban J connectivity index is 0.000000174. The van der Waals surface area contributed by atoms with Crippen LogP contribution in [0, 0.1) is 6.57 Å². The van der Waals surface area contributed by atoms with Crippen LogP contribution in [0.2, 0.25) is 19.6 Å². The first-order valence-electron chi connectivity index (χ1n) is 19.0. The van der Waals surface area contributed by atoms with Crippen molar-refractivity contribution >= 4 is 94.7 Å². The summed E-state index contributed by atoms with van der Waals surface area (Å²) in [7, 11) is 18.8. The molecule has 0 fully saturated rings. The molecule has 304 valence electrons. The number of hydrogen-bond donors (Lipinski definition) is 0. The molecule has 0 saturated heterocycles. The van der Waals surface area contributed by atoms with Gasteiger partial charge in [-0.25, -0.2) is 0 Å². The number of nitrogens with zero attached hydrogens (tertiary/aromatic N) is 3. The zero-order chi connectivity index (χ0) is 42.1. The molecule has 4 aromatic rings. The van der Waals surface area contributed by atoms with Crippen LogP contribution in [0.3, 0.4) is 0 Å². The molecule has 0 N–H and O–H groups in total. The van der Waals surface area contributed by atoms with Crippen LogP contribution in [0.25, 0.3) is 4.95 Å². The fraction of sp³-hybridized carbons (Fsp3) is 0.341. The van der Waals surface area contributed by atoms with Crippen molar-refractivity contribution in [2.75, 3.05) is 0 Å². The quantitative estimate of drug-likeness (QED) is 0.0826. The van der Waals surface area contributed by atoms with Gasteiger partial charge in [0.1, 0.15) is 28.4 Å². The summed E-state index contributed by atoms with van der Waals surface area (Å²) < 4.78 is 18.8. The zero-order valence-electron chi connectivity index (χ0n) is 32.7. The van der Waals surface area contributed by atoms with Gasteiger partial charge in [-0.15, -0.1) is 4.95 Å². The van der Waals surface area contributed by atoms with Gasteiger partial charge >= 0.3 is 49.6 Å². The number of benzene rings is 4. The molecule has 0 aromatic heterocycles. The van der Waals surface area contributed by atoms with Gasteiger partial charge in [0.25, 0.3) is 0 Å². The maximum atomic E-state index is 12.6. The van der Waals surface area contributed by atoms with Crippen molar-refractivity contribution in [3.05, 3.63) is 145 Å². The van der Waals surface area contributed by atoms with Crippen molar-refractivity contribution in [2.45, 2.75) is 95.1 Å². The molecule has 6 nitrogen and oxygen atoms in total. The second-order valence-electron chi connectivity index (χ2n) is 15.7. The summed E-state index contributed by atoms with van der Waals surface area (Å²) in [5, 5.41) is 4.11. The number of carbonyl (C=O) groups excluding carboxylic acids is 1. The number of fused-ring (bicyclic) bond motifs is 4. The van der Waals surface area contributed by atoms with E-state index in [2.05, 4.69) is 127 Å². The first kappa shape index (κ1) is 46.9. The molecule has 14 heteroatoms. The number of halogens is 6. The van der Waals surface area contributed by atoms with Crippen LogP contribution < -0.4 is 9.47 Å². The Morgan fingerprint density at radius 2 is 1.19 bits per heavy atom. The summed E-state index contributed by atoms with van der Waals surface area (Å²) in [4.78, 5) is 15.9. The zero-order valence-corrected chi connectivity index (χ0v) is 41.5. The minimum absolute atomic E-state index is 0.196. The van der Waals surface area contributed by atoms with E-state index in [1.54, 1.807) is 0 Å². The van der Waals surface area contributed by atoms with Crippen molar-refractivity contribution in [2.24, 2.45) is 9.76 Å². The maximum absolute atomic E-state index is 12.6. The van der Waals surface area contributed by atoms with Gasteiger partial charge in [-0.3, -0.25) is 9.45 Å². The third-order valence-corrected chi connectivity index (χ3v) is 11.9. The molecule has 0 radical (unpaired) electrons. The second kappa shape index (κ2) is 20.6. The Hall–Kier alpha value is -2.19. The Kier molecular flexibility index (Phi) is 16.6. The van der Waals surface area contributed by atoms with E-state index in [0.717, 1.165) is 83.1 Å². The number of Topliss-reactive ketones (excluding diaryl/α,β-unsaturated/α-hetero) is 1. The van der Waals surface area contributed by atoms with Crippen LogP contribution >= 0.6 is 69.1 Å². The fourth-order valence-corrected chi connectivity index (χ4v) is 9.03. The summed E-state index contributed by atoms with van der Waals surface area (Å²) in [6.45, 7) is 17.0. The van der Waals surface area contributed by atoms with Gasteiger partial charge in [0, 0.05) is 33.8 Å². The number of aryl methyl sites for hydroxylation is 2. The number of ether oxygens (including phenoxy) is 2. The molecule has 2 spiro atoms. The Morgan fingerprint density at radius 3 is 1.64 bits per heavy atom. The van der Waals surface area contributed by atoms with E-state index in [4.69, 9.17) is 53.3 Å². The predicted octanol–water partition coefficient (Wildman–Crippen LogP) is 14.3. The number of ketones is 1. The molecule has 2 atom stereocenters. The summed E-state index contributed by atoms with van der Waals surface area (Å²) in [6.07, 6.45) is 9.09. The van der Waals surface area contributed by atoms with Gasteiger partial charge in [0.15, 0.2) is 14.0 Å². The number of hydrogen-bond acceptors (Lipinski definition) is 5. The molecular weight excluding hydrogens is 996 g/mol. The first-order chi connectivity index (χ1) is 27.4. The van der Waals surface area contributed by atoms with E-state index in [0.29, 0.717) is 18.4 Å². The van der Waals surface area contributed by atoms with E-state index in [9.17, 15) is 4.79 Å². The predicted molar refractivity (Wildman–Crippen MR) is 248 cm³/mol. The topological polar surface area (TPSA) is 64.6 Å². The summed E-state index contributed by atoms with van der Waals surface area (Å²) in [6, 6.07) is 28.9. The molecule has 0 bridgehead atoms. The molecule has 8 rings (SSSR count). The molecule has 2 heterocycles. The van der Waals surface area contributed by atoms with Crippen LogP contribution in [0.1, 0.15) is 76.7 Å². The molecule has 2 aliphatic heterocycles. The molecule has 0 amide bonds. The summed E-state index contributed by atoms with van der Waals surface area (Å²) in [5.41, 5.74) is 7.32. The van der Waals surface area contributed by atoms with Crippen LogP contribution in [0.4, 0.5) is 0 Å². The third kappa shape index (κ3) is 13.7. The standard InChI is InChI=1S/C20H17BrN2O.C19H17BrO2.C5H11NSi.4ClH.Ti/c1-22-23-18-13-20(24-19-9-8-16(21)11-17(18)19)10-4-7-14-5-2-3-6-15(14)12-20;20-15-7-8-18-16(10-15)17(21)12-19(22-18)9-3-6-13-4-1-2-5-14(13)11-19;1-5-6-7(2,3)4;;;;;/h2-3,5-6,8-9,11H,4,7,10,12-13H2;1-2,4-5,7-8,10H,3,6,9,11-12H2;1H2,2-4H3;4*1H;/q;;;;;;;+4/p-4/b23-18-;;;;;;;. The monoisotopic (exact) mass is 1040 g/mol. The van der Waals surface area contributed by atoms with Crippen LogP contribution in [-0.2, 0) is 38.0 Å². The Labute approximate surface area is 379 Å². The van der Waals surface area contributed by atoms with Gasteiger partial charge in [-0.1, -0.05) is 80.4 Å². The molecule has 2 unspecified atom stereocenters. The molecule has 58 heavy (non-hydrogen) atoms. The fourth-order valence-electron chi connectivity index (χ4n) is 7.84. The molecule has 2 aliphatic carbocycles. The Bertz CT molecular complexity index is 2250. The normalized spacial score (nSPS) is 21.0. The van der Waals surface area contributed by atoms with Crippen molar-refractivity contribution < 1.29 is 26.6 Å². The van der Waals surface area contributed by atoms with E-state index in [1.807, 2.05) is 36.4 Å². The second-order valence-corrected chi connectivity index (χ2v) is 37.6. The average molecular weight is 1040 g/mol. The third-order valence-electron chi connectivity index (χ3n) is 10.1. The van der Waals surface area contributed by atoms with Gasteiger partial charge in [0.2, 0.25) is 0 Å². The average Bonchev–Trinajstić information content (AvgIpc) is 3.42. The van der Waals surface area contributed by atoms with Crippen LogP contribution in [0.15, 0.2) is 110 Å². The SMILES string of the molecule is C=C=N[Si](C)(C)C.O=C1CC2(CCCc3ccccc3C2)Oc2ccc(Br)cc21.[C-]#[N+]/N=C1/CC2(CCCc3ccccc3C2)Oc2ccc(Br)cc21.[Cl][Ti]([Cl])([Cl])[Cl]. The molecule has 4 aliphatic rings. The van der Waals surface area contributed by atoms with Crippen LogP contribution in [-0.4, -0.2) is 36.8 Å². The van der Waals surface area contributed by atoms with Gasteiger partial charge in [0.05, 0.1) is 17.1 Å². The van der Waals surface area contributed by atoms with E-state index >= 15 is 0 Å². The summed E-state index contributed by atoms with van der Waals surface area (Å²) in [5.74, 6) is 4.31. The summed E-state index contributed by atoms with van der Waals surface area (Å²) >= 11 is 3.82. The van der Waals surface area contributed by atoms with Crippen LogP contribution in [0.5, 0.6) is 11.5 Å². The van der Waals surface area contributed by atoms with E-state index in [-0.39, 0.29) is 17.0 Å². The number of carbonyl (C=O) groups is 1. The van der Waals surface area contributed by atoms with Gasteiger partial charge in [-0.05, 0) is 129 Å². The molecule has 4 aromatic carbocycles. The van der Waals surface area contributed by atoms with E-state index < -0.39 is 20.6 Å². The molecule has 0 saturated carbocycles.